The summed E-state index contributed by atoms with van der Waals surface area (Å²) in [7, 11) is 1.33. The third kappa shape index (κ3) is 4.46. The molecule has 1 aliphatic heterocycles. The zero-order chi connectivity index (χ0) is 15.5. The average molecular weight is 301 g/mol. The SMILES string of the molecule is COC(=O)c1ccc(C2CCN(CC(F)(F)F)CC2)cc1. The third-order valence-electron chi connectivity index (χ3n) is 3.79. The molecule has 0 N–H and O–H groups in total. The Hall–Kier alpha value is -1.56. The van der Waals surface area contributed by atoms with Gasteiger partial charge in [0.1, 0.15) is 0 Å². The van der Waals surface area contributed by atoms with E-state index in [0.717, 1.165) is 5.56 Å². The summed E-state index contributed by atoms with van der Waals surface area (Å²) >= 11 is 0. The molecule has 0 aromatic heterocycles. The number of hydrogen-bond donors (Lipinski definition) is 0. The molecule has 1 saturated heterocycles. The van der Waals surface area contributed by atoms with Gasteiger partial charge in [-0.15, -0.1) is 0 Å². The maximum atomic E-state index is 12.3. The second-order valence-corrected chi connectivity index (χ2v) is 5.28. The van der Waals surface area contributed by atoms with E-state index in [4.69, 9.17) is 0 Å². The number of carbonyl (C=O) groups excluding carboxylic acids is 1. The minimum absolute atomic E-state index is 0.251. The van der Waals surface area contributed by atoms with Crippen LogP contribution in [0.1, 0.15) is 34.7 Å². The van der Waals surface area contributed by atoms with Crippen LogP contribution in [0.25, 0.3) is 0 Å². The van der Waals surface area contributed by atoms with Crippen LogP contribution in [0.2, 0.25) is 0 Å². The molecular formula is C15H18F3NO2. The molecule has 0 spiro atoms. The molecule has 1 aliphatic rings. The van der Waals surface area contributed by atoms with Crippen molar-refractivity contribution in [3.8, 4) is 0 Å². The van der Waals surface area contributed by atoms with Gasteiger partial charge in [-0.25, -0.2) is 4.79 Å². The van der Waals surface area contributed by atoms with Gasteiger partial charge in [-0.1, -0.05) is 12.1 Å². The molecule has 2 rings (SSSR count). The molecule has 0 radical (unpaired) electrons. The van der Waals surface area contributed by atoms with Crippen molar-refractivity contribution in [2.75, 3.05) is 26.7 Å². The van der Waals surface area contributed by atoms with Crippen molar-refractivity contribution in [2.24, 2.45) is 0 Å². The Labute approximate surface area is 121 Å². The van der Waals surface area contributed by atoms with Crippen LogP contribution in [0.3, 0.4) is 0 Å². The normalized spacial score (nSPS) is 17.7. The minimum Gasteiger partial charge on any atom is -0.465 e. The molecule has 0 amide bonds. The molecule has 1 aromatic rings. The van der Waals surface area contributed by atoms with Gasteiger partial charge >= 0.3 is 12.1 Å². The van der Waals surface area contributed by atoms with Gasteiger partial charge in [-0.3, -0.25) is 4.90 Å². The van der Waals surface area contributed by atoms with Crippen molar-refractivity contribution in [2.45, 2.75) is 24.9 Å². The molecule has 1 heterocycles. The van der Waals surface area contributed by atoms with Crippen LogP contribution in [0.15, 0.2) is 24.3 Å². The van der Waals surface area contributed by atoms with Crippen LogP contribution in [-0.4, -0.2) is 43.8 Å². The molecule has 1 fully saturated rings. The molecular weight excluding hydrogens is 283 g/mol. The summed E-state index contributed by atoms with van der Waals surface area (Å²) in [6.45, 7) is 0.0624. The van der Waals surface area contributed by atoms with Gasteiger partial charge in [-0.05, 0) is 49.5 Å². The topological polar surface area (TPSA) is 29.5 Å². The number of halogens is 3. The summed E-state index contributed by atoms with van der Waals surface area (Å²) in [5, 5.41) is 0. The average Bonchev–Trinajstić information content (AvgIpc) is 2.46. The summed E-state index contributed by atoms with van der Waals surface area (Å²) in [5.41, 5.74) is 1.55. The van der Waals surface area contributed by atoms with Crippen molar-refractivity contribution < 1.29 is 22.7 Å². The lowest BCUT2D eigenvalue weighted by molar-refractivity contribution is -0.147. The lowest BCUT2D eigenvalue weighted by Crippen LogP contribution is -2.39. The predicted molar refractivity (Wildman–Crippen MR) is 72.3 cm³/mol. The van der Waals surface area contributed by atoms with Crippen LogP contribution < -0.4 is 0 Å². The largest absolute Gasteiger partial charge is 0.465 e. The Morgan fingerprint density at radius 3 is 2.29 bits per heavy atom. The summed E-state index contributed by atoms with van der Waals surface area (Å²) in [6, 6.07) is 7.11. The van der Waals surface area contributed by atoms with Gasteiger partial charge < -0.3 is 4.74 Å². The number of esters is 1. The smallest absolute Gasteiger partial charge is 0.401 e. The fourth-order valence-corrected chi connectivity index (χ4v) is 2.69. The Kier molecular flexibility index (Phi) is 4.88. The predicted octanol–water partition coefficient (Wildman–Crippen LogP) is 3.21. The van der Waals surface area contributed by atoms with Crippen LogP contribution in [0.5, 0.6) is 0 Å². The molecule has 0 saturated carbocycles. The van der Waals surface area contributed by atoms with E-state index in [1.165, 1.54) is 12.0 Å². The fraction of sp³-hybridized carbons (Fsp3) is 0.533. The summed E-state index contributed by atoms with van der Waals surface area (Å²) in [6.07, 6.45) is -2.73. The number of methoxy groups -OCH3 is 1. The first kappa shape index (κ1) is 15.8. The van der Waals surface area contributed by atoms with E-state index >= 15 is 0 Å². The number of ether oxygens (including phenoxy) is 1. The molecule has 116 valence electrons. The summed E-state index contributed by atoms with van der Waals surface area (Å²) < 4.78 is 41.6. The zero-order valence-corrected chi connectivity index (χ0v) is 11.8. The lowest BCUT2D eigenvalue weighted by Gasteiger charge is -2.32. The van der Waals surface area contributed by atoms with E-state index in [0.29, 0.717) is 31.5 Å². The van der Waals surface area contributed by atoms with Gasteiger partial charge in [0, 0.05) is 0 Å². The Morgan fingerprint density at radius 2 is 1.81 bits per heavy atom. The van der Waals surface area contributed by atoms with Gasteiger partial charge in [-0.2, -0.15) is 13.2 Å². The van der Waals surface area contributed by atoms with E-state index in [1.807, 2.05) is 12.1 Å². The molecule has 0 unspecified atom stereocenters. The molecule has 21 heavy (non-hydrogen) atoms. The number of rotatable bonds is 3. The number of hydrogen-bond acceptors (Lipinski definition) is 3. The van der Waals surface area contributed by atoms with E-state index in [1.54, 1.807) is 12.1 Å². The van der Waals surface area contributed by atoms with Gasteiger partial charge in [0.25, 0.3) is 0 Å². The van der Waals surface area contributed by atoms with Crippen LogP contribution >= 0.6 is 0 Å². The minimum atomic E-state index is -4.13. The van der Waals surface area contributed by atoms with Crippen molar-refractivity contribution in [3.05, 3.63) is 35.4 Å². The first-order valence-corrected chi connectivity index (χ1v) is 6.86. The van der Waals surface area contributed by atoms with Crippen LogP contribution in [0.4, 0.5) is 13.2 Å². The van der Waals surface area contributed by atoms with E-state index in [-0.39, 0.29) is 11.9 Å². The Bertz CT molecular complexity index is 477. The fourth-order valence-electron chi connectivity index (χ4n) is 2.69. The molecule has 1 aromatic carbocycles. The van der Waals surface area contributed by atoms with Gasteiger partial charge in [0.15, 0.2) is 0 Å². The van der Waals surface area contributed by atoms with Crippen molar-refractivity contribution >= 4 is 5.97 Å². The van der Waals surface area contributed by atoms with Crippen LogP contribution in [0, 0.1) is 0 Å². The molecule has 0 atom stereocenters. The van der Waals surface area contributed by atoms with Gasteiger partial charge in [0.2, 0.25) is 0 Å². The third-order valence-corrected chi connectivity index (χ3v) is 3.79. The number of alkyl halides is 3. The number of carbonyl (C=O) groups is 1. The van der Waals surface area contributed by atoms with E-state index in [2.05, 4.69) is 4.74 Å². The van der Waals surface area contributed by atoms with Crippen molar-refractivity contribution in [1.29, 1.82) is 0 Å². The van der Waals surface area contributed by atoms with Crippen molar-refractivity contribution in [3.63, 3.8) is 0 Å². The number of nitrogens with zero attached hydrogens (tertiary/aromatic N) is 1. The maximum Gasteiger partial charge on any atom is 0.401 e. The first-order chi connectivity index (χ1) is 9.89. The lowest BCUT2D eigenvalue weighted by atomic mass is 9.89. The maximum absolute atomic E-state index is 12.3. The molecule has 0 aliphatic carbocycles. The number of likely N-dealkylation sites (tertiary alicyclic amines) is 1. The second kappa shape index (κ2) is 6.47. The standard InChI is InChI=1S/C15H18F3NO2/c1-21-14(20)13-4-2-11(3-5-13)12-6-8-19(9-7-12)10-15(16,17)18/h2-5,12H,6-10H2,1H3. The Balaban J connectivity index is 1.92. The second-order valence-electron chi connectivity index (χ2n) is 5.28. The highest BCUT2D eigenvalue weighted by Crippen LogP contribution is 2.29. The highest BCUT2D eigenvalue weighted by atomic mass is 19.4. The monoisotopic (exact) mass is 301 g/mol. The highest BCUT2D eigenvalue weighted by Gasteiger charge is 2.32. The van der Waals surface area contributed by atoms with Crippen molar-refractivity contribution in [1.82, 2.24) is 4.90 Å². The van der Waals surface area contributed by atoms with Crippen LogP contribution in [-0.2, 0) is 4.74 Å². The molecule has 3 nitrogen and oxygen atoms in total. The highest BCUT2D eigenvalue weighted by molar-refractivity contribution is 5.89. The molecule has 0 bridgehead atoms. The van der Waals surface area contributed by atoms with E-state index < -0.39 is 12.7 Å². The first-order valence-electron chi connectivity index (χ1n) is 6.86. The molecule has 6 heteroatoms. The number of benzene rings is 1. The van der Waals surface area contributed by atoms with E-state index in [9.17, 15) is 18.0 Å². The Morgan fingerprint density at radius 1 is 1.24 bits per heavy atom. The summed E-state index contributed by atoms with van der Waals surface area (Å²) in [5.74, 6) is -0.136. The quantitative estimate of drug-likeness (QED) is 0.803. The number of piperidine rings is 1. The zero-order valence-electron chi connectivity index (χ0n) is 11.8. The van der Waals surface area contributed by atoms with Gasteiger partial charge in [0.05, 0.1) is 19.2 Å². The summed E-state index contributed by atoms with van der Waals surface area (Å²) in [4.78, 5) is 12.8.